The van der Waals surface area contributed by atoms with Crippen molar-refractivity contribution in [2.75, 3.05) is 6.54 Å². The van der Waals surface area contributed by atoms with Gasteiger partial charge in [-0.3, -0.25) is 0 Å². The van der Waals surface area contributed by atoms with Crippen molar-refractivity contribution in [1.29, 1.82) is 0 Å². The highest BCUT2D eigenvalue weighted by atomic mass is 19.4. The summed E-state index contributed by atoms with van der Waals surface area (Å²) in [5.74, 6) is -0.334. The molecule has 1 atom stereocenters. The molecule has 1 aliphatic heterocycles. The van der Waals surface area contributed by atoms with Gasteiger partial charge in [-0.1, -0.05) is 29.4 Å². The van der Waals surface area contributed by atoms with Gasteiger partial charge in [0.2, 0.25) is 0 Å². The van der Waals surface area contributed by atoms with Crippen molar-refractivity contribution in [3.63, 3.8) is 0 Å². The molecule has 2 aromatic carbocycles. The highest BCUT2D eigenvalue weighted by Gasteiger charge is 2.30. The summed E-state index contributed by atoms with van der Waals surface area (Å²) in [5, 5.41) is 5.86. The molecule has 1 heterocycles. The molecular weight excluding hydrogens is 336 g/mol. The van der Waals surface area contributed by atoms with Crippen LogP contribution in [0.2, 0.25) is 0 Å². The van der Waals surface area contributed by atoms with Crippen molar-refractivity contribution in [2.45, 2.75) is 25.2 Å². The Balaban J connectivity index is 1.50. The van der Waals surface area contributed by atoms with Crippen molar-refractivity contribution < 1.29 is 27.7 Å². The summed E-state index contributed by atoms with van der Waals surface area (Å²) in [6, 6.07) is 11.4. The molecule has 3 nitrogen and oxygen atoms in total. The van der Waals surface area contributed by atoms with Crippen LogP contribution >= 0.6 is 0 Å². The predicted octanol–water partition coefficient (Wildman–Crippen LogP) is 3.10. The molecule has 0 unspecified atom stereocenters. The minimum Gasteiger partial charge on any atom is -0.386 e. The first-order chi connectivity index (χ1) is 11.9. The zero-order valence-corrected chi connectivity index (χ0v) is 13.3. The van der Waals surface area contributed by atoms with Gasteiger partial charge in [-0.15, -0.1) is 0 Å². The van der Waals surface area contributed by atoms with E-state index in [1.807, 2.05) is 5.32 Å². The number of nitrogens with zero attached hydrogens (tertiary/aromatic N) is 1. The Bertz CT molecular complexity index is 774. The quantitative estimate of drug-likeness (QED) is 0.825. The number of alkyl halides is 3. The van der Waals surface area contributed by atoms with E-state index < -0.39 is 11.7 Å². The summed E-state index contributed by atoms with van der Waals surface area (Å²) in [6.45, 7) is 0.970. The normalized spacial score (nSPS) is 17.3. The van der Waals surface area contributed by atoms with E-state index in [1.165, 1.54) is 18.2 Å². The van der Waals surface area contributed by atoms with Crippen LogP contribution in [0.25, 0.3) is 0 Å². The molecule has 0 saturated heterocycles. The molecule has 0 spiro atoms. The lowest BCUT2D eigenvalue weighted by molar-refractivity contribution is -0.676. The Kier molecular flexibility index (Phi) is 5.03. The van der Waals surface area contributed by atoms with E-state index in [4.69, 9.17) is 4.84 Å². The highest BCUT2D eigenvalue weighted by molar-refractivity contribution is 6.01. The molecule has 0 aromatic heterocycles. The molecule has 0 radical (unpaired) electrons. The smallest absolute Gasteiger partial charge is 0.386 e. The Morgan fingerprint density at radius 1 is 1.12 bits per heavy atom. The van der Waals surface area contributed by atoms with Gasteiger partial charge in [-0.05, 0) is 24.3 Å². The number of rotatable bonds is 5. The van der Waals surface area contributed by atoms with Crippen LogP contribution in [0.15, 0.2) is 53.7 Å². The topological polar surface area (TPSA) is 38.2 Å². The molecule has 0 fully saturated rings. The summed E-state index contributed by atoms with van der Waals surface area (Å²) < 4.78 is 51.3. The van der Waals surface area contributed by atoms with Gasteiger partial charge in [0, 0.05) is 17.5 Å². The monoisotopic (exact) mass is 353 g/mol. The second-order valence-electron chi connectivity index (χ2n) is 5.91. The fraction of sp³-hybridized carbons (Fsp3) is 0.278. The lowest BCUT2D eigenvalue weighted by Crippen LogP contribution is -2.84. The Morgan fingerprint density at radius 2 is 1.92 bits per heavy atom. The fourth-order valence-corrected chi connectivity index (χ4v) is 2.70. The van der Waals surface area contributed by atoms with E-state index in [0.29, 0.717) is 36.3 Å². The second kappa shape index (κ2) is 7.23. The van der Waals surface area contributed by atoms with Crippen molar-refractivity contribution in [2.24, 2.45) is 5.16 Å². The minimum atomic E-state index is -4.34. The largest absolute Gasteiger partial charge is 0.416 e. The molecule has 3 rings (SSSR count). The average molecular weight is 353 g/mol. The summed E-state index contributed by atoms with van der Waals surface area (Å²) >= 11 is 0. The van der Waals surface area contributed by atoms with Gasteiger partial charge in [-0.25, -0.2) is 4.39 Å². The van der Waals surface area contributed by atoms with Crippen LogP contribution in [-0.2, 0) is 17.6 Å². The standard InChI is InChI=1S/C18H16F4N2O/c19-15-6-2-4-13(8-15)17-9-16(25-24-17)11-23-10-12-3-1-5-14(7-12)18(20,21)22/h1-8,16,23H,9-11H2/p+1/t16-/m1/s1. The Hall–Kier alpha value is -2.41. The molecule has 1 aliphatic rings. The number of hydrogen-bond donors (Lipinski definition) is 1. The van der Waals surface area contributed by atoms with Crippen molar-refractivity contribution in [3.05, 3.63) is 71.0 Å². The summed E-state index contributed by atoms with van der Waals surface area (Å²) in [5.41, 5.74) is 1.31. The third kappa shape index (κ3) is 4.57. The second-order valence-corrected chi connectivity index (χ2v) is 5.91. The Labute approximate surface area is 142 Å². The molecular formula is C18H17F4N2O+. The number of quaternary nitrogens is 1. The first-order valence-corrected chi connectivity index (χ1v) is 7.88. The minimum absolute atomic E-state index is 0.177. The molecule has 132 valence electrons. The summed E-state index contributed by atoms with van der Waals surface area (Å²) in [6.07, 6.45) is -3.97. The third-order valence-electron chi connectivity index (χ3n) is 3.95. The number of nitrogens with two attached hydrogens (primary N) is 1. The van der Waals surface area contributed by atoms with Gasteiger partial charge < -0.3 is 10.2 Å². The van der Waals surface area contributed by atoms with E-state index in [1.54, 1.807) is 18.2 Å². The fourth-order valence-electron chi connectivity index (χ4n) is 2.70. The van der Waals surface area contributed by atoms with Crippen LogP contribution in [0.4, 0.5) is 17.6 Å². The van der Waals surface area contributed by atoms with Gasteiger partial charge >= 0.3 is 6.18 Å². The molecule has 7 heteroatoms. The number of hydrogen-bond acceptors (Lipinski definition) is 2. The van der Waals surface area contributed by atoms with Gasteiger partial charge in [0.25, 0.3) is 0 Å². The van der Waals surface area contributed by atoms with Crippen LogP contribution in [-0.4, -0.2) is 18.4 Å². The molecule has 2 aromatic rings. The van der Waals surface area contributed by atoms with Crippen LogP contribution < -0.4 is 5.32 Å². The first-order valence-electron chi connectivity index (χ1n) is 7.88. The molecule has 0 bridgehead atoms. The maximum Gasteiger partial charge on any atom is 0.416 e. The lowest BCUT2D eigenvalue weighted by Gasteiger charge is -2.09. The van der Waals surface area contributed by atoms with Crippen molar-refractivity contribution >= 4 is 5.71 Å². The summed E-state index contributed by atoms with van der Waals surface area (Å²) in [7, 11) is 0. The predicted molar refractivity (Wildman–Crippen MR) is 84.4 cm³/mol. The van der Waals surface area contributed by atoms with Crippen LogP contribution in [0.3, 0.4) is 0 Å². The first kappa shape index (κ1) is 17.4. The third-order valence-corrected chi connectivity index (χ3v) is 3.95. The van der Waals surface area contributed by atoms with E-state index in [-0.39, 0.29) is 11.9 Å². The Morgan fingerprint density at radius 3 is 2.68 bits per heavy atom. The summed E-state index contributed by atoms with van der Waals surface area (Å²) in [4.78, 5) is 5.33. The molecule has 2 N–H and O–H groups in total. The van der Waals surface area contributed by atoms with Gasteiger partial charge in [0.15, 0.2) is 6.10 Å². The zero-order chi connectivity index (χ0) is 17.9. The van der Waals surface area contributed by atoms with Crippen LogP contribution in [0.1, 0.15) is 23.1 Å². The van der Waals surface area contributed by atoms with Gasteiger partial charge in [0.05, 0.1) is 11.3 Å². The molecule has 0 saturated carbocycles. The molecule has 25 heavy (non-hydrogen) atoms. The van der Waals surface area contributed by atoms with E-state index >= 15 is 0 Å². The maximum atomic E-state index is 13.2. The van der Waals surface area contributed by atoms with E-state index in [2.05, 4.69) is 5.16 Å². The van der Waals surface area contributed by atoms with E-state index in [0.717, 1.165) is 12.1 Å². The van der Waals surface area contributed by atoms with Gasteiger partial charge in [-0.2, -0.15) is 13.2 Å². The average Bonchev–Trinajstić information content (AvgIpc) is 3.03. The molecule has 0 aliphatic carbocycles. The number of benzene rings is 2. The van der Waals surface area contributed by atoms with Crippen molar-refractivity contribution in [1.82, 2.24) is 0 Å². The van der Waals surface area contributed by atoms with Gasteiger partial charge in [0.1, 0.15) is 18.9 Å². The van der Waals surface area contributed by atoms with Crippen molar-refractivity contribution in [3.8, 4) is 0 Å². The lowest BCUT2D eigenvalue weighted by atomic mass is 10.0. The highest BCUT2D eigenvalue weighted by Crippen LogP contribution is 2.29. The van der Waals surface area contributed by atoms with E-state index in [9.17, 15) is 17.6 Å². The number of halogens is 4. The maximum absolute atomic E-state index is 13.2. The van der Waals surface area contributed by atoms with Crippen LogP contribution in [0.5, 0.6) is 0 Å². The number of oxime groups is 1. The SMILES string of the molecule is Fc1cccc(C2=NO[C@@H](C[NH2+]Cc3cccc(C(F)(F)F)c3)C2)c1. The zero-order valence-electron chi connectivity index (χ0n) is 13.3. The van der Waals surface area contributed by atoms with Crippen LogP contribution in [0, 0.1) is 5.82 Å². The molecule has 0 amide bonds.